The lowest BCUT2D eigenvalue weighted by Crippen LogP contribution is -2.27. The van der Waals surface area contributed by atoms with Gasteiger partial charge in [-0.25, -0.2) is 4.79 Å². The lowest BCUT2D eigenvalue weighted by molar-refractivity contribution is -0.159. The summed E-state index contributed by atoms with van der Waals surface area (Å²) in [6, 6.07) is 7.23. The lowest BCUT2D eigenvalue weighted by Gasteiger charge is -2.13. The van der Waals surface area contributed by atoms with Crippen LogP contribution in [-0.2, 0) is 15.3 Å². The van der Waals surface area contributed by atoms with Crippen molar-refractivity contribution in [1.29, 1.82) is 0 Å². The summed E-state index contributed by atoms with van der Waals surface area (Å²) in [5.74, 6) is -1.40. The van der Waals surface area contributed by atoms with Crippen molar-refractivity contribution in [2.75, 3.05) is 6.61 Å². The number of esters is 1. The number of thioether (sulfide) groups is 1. The van der Waals surface area contributed by atoms with E-state index in [0.29, 0.717) is 0 Å². The van der Waals surface area contributed by atoms with Crippen LogP contribution in [0.1, 0.15) is 18.1 Å². The number of hydrogen-bond donors (Lipinski definition) is 0. The van der Waals surface area contributed by atoms with Crippen LogP contribution in [0.5, 0.6) is 0 Å². The Morgan fingerprint density at radius 3 is 2.47 bits per heavy atom. The average Bonchev–Trinajstić information content (AvgIpc) is 2.29. The SMILES string of the molecule is CCOC(=O)C(F)(F)SCc1ccc(C)cc1. The lowest BCUT2D eigenvalue weighted by atomic mass is 10.2. The number of alkyl halides is 2. The topological polar surface area (TPSA) is 26.3 Å². The molecule has 0 radical (unpaired) electrons. The minimum absolute atomic E-state index is 0.0421. The Morgan fingerprint density at radius 1 is 1.35 bits per heavy atom. The van der Waals surface area contributed by atoms with Gasteiger partial charge in [0.15, 0.2) is 0 Å². The summed E-state index contributed by atoms with van der Waals surface area (Å²) in [6.45, 7) is 3.38. The van der Waals surface area contributed by atoms with E-state index < -0.39 is 11.2 Å². The minimum Gasteiger partial charge on any atom is -0.461 e. The fraction of sp³-hybridized carbons (Fsp3) is 0.417. The van der Waals surface area contributed by atoms with Crippen molar-refractivity contribution in [3.8, 4) is 0 Å². The molecule has 0 saturated carbocycles. The molecule has 0 aliphatic rings. The molecule has 1 rings (SSSR count). The van der Waals surface area contributed by atoms with Crippen molar-refractivity contribution >= 4 is 17.7 Å². The van der Waals surface area contributed by atoms with Gasteiger partial charge in [-0.15, -0.1) is 0 Å². The van der Waals surface area contributed by atoms with Gasteiger partial charge >= 0.3 is 11.2 Å². The monoisotopic (exact) mass is 260 g/mol. The summed E-state index contributed by atoms with van der Waals surface area (Å²) < 4.78 is 30.8. The maximum Gasteiger partial charge on any atom is 0.389 e. The molecule has 5 heteroatoms. The number of carbonyl (C=O) groups is 1. The molecule has 0 atom stereocenters. The van der Waals surface area contributed by atoms with Crippen LogP contribution in [0.4, 0.5) is 8.78 Å². The Bertz CT molecular complexity index is 377. The summed E-state index contributed by atoms with van der Waals surface area (Å²) >= 11 is 0.278. The van der Waals surface area contributed by atoms with Gasteiger partial charge in [-0.05, 0) is 19.4 Å². The molecular weight excluding hydrogens is 246 g/mol. The first kappa shape index (κ1) is 14.0. The molecular formula is C12H14F2O2S. The number of benzene rings is 1. The predicted molar refractivity (Wildman–Crippen MR) is 64.1 cm³/mol. The third kappa shape index (κ3) is 4.34. The second kappa shape index (κ2) is 6.00. The van der Waals surface area contributed by atoms with Crippen molar-refractivity contribution in [3.63, 3.8) is 0 Å². The maximum absolute atomic E-state index is 13.3. The molecule has 2 nitrogen and oxygen atoms in total. The smallest absolute Gasteiger partial charge is 0.389 e. The molecule has 94 valence electrons. The second-order valence-electron chi connectivity index (χ2n) is 3.51. The van der Waals surface area contributed by atoms with Crippen LogP contribution in [0.2, 0.25) is 0 Å². The van der Waals surface area contributed by atoms with E-state index in [-0.39, 0.29) is 24.1 Å². The maximum atomic E-state index is 13.3. The number of ether oxygens (including phenoxy) is 1. The van der Waals surface area contributed by atoms with Crippen LogP contribution >= 0.6 is 11.8 Å². The van der Waals surface area contributed by atoms with Crippen LogP contribution in [0, 0.1) is 6.92 Å². The Balaban J connectivity index is 2.54. The van der Waals surface area contributed by atoms with Crippen LogP contribution in [-0.4, -0.2) is 17.8 Å². The fourth-order valence-electron chi connectivity index (χ4n) is 1.13. The van der Waals surface area contributed by atoms with E-state index in [9.17, 15) is 13.6 Å². The summed E-state index contributed by atoms with van der Waals surface area (Å²) in [5.41, 5.74) is 1.82. The van der Waals surface area contributed by atoms with Gasteiger partial charge < -0.3 is 4.74 Å². The molecule has 0 saturated heterocycles. The number of hydrogen-bond acceptors (Lipinski definition) is 3. The van der Waals surface area contributed by atoms with Crippen molar-refractivity contribution in [1.82, 2.24) is 0 Å². The summed E-state index contributed by atoms with van der Waals surface area (Å²) in [7, 11) is 0. The molecule has 0 N–H and O–H groups in total. The van der Waals surface area contributed by atoms with Gasteiger partial charge in [0, 0.05) is 5.75 Å². The van der Waals surface area contributed by atoms with Crippen molar-refractivity contribution in [2.24, 2.45) is 0 Å². The van der Waals surface area contributed by atoms with E-state index in [2.05, 4.69) is 4.74 Å². The van der Waals surface area contributed by atoms with E-state index in [1.807, 2.05) is 19.1 Å². The van der Waals surface area contributed by atoms with Crippen LogP contribution in [0.15, 0.2) is 24.3 Å². The van der Waals surface area contributed by atoms with Crippen molar-refractivity contribution < 1.29 is 18.3 Å². The third-order valence-electron chi connectivity index (χ3n) is 2.05. The Labute approximate surface area is 103 Å². The zero-order valence-electron chi connectivity index (χ0n) is 9.70. The van der Waals surface area contributed by atoms with Gasteiger partial charge in [0.25, 0.3) is 0 Å². The standard InChI is InChI=1S/C12H14F2O2S/c1-3-16-11(15)12(13,14)17-8-10-6-4-9(2)5-7-10/h4-7H,3,8H2,1-2H3. The van der Waals surface area contributed by atoms with Gasteiger partial charge in [-0.2, -0.15) is 8.78 Å². The van der Waals surface area contributed by atoms with E-state index in [0.717, 1.165) is 11.1 Å². The molecule has 0 amide bonds. The predicted octanol–water partition coefficient (Wildman–Crippen LogP) is 3.38. The first-order valence-electron chi connectivity index (χ1n) is 5.20. The average molecular weight is 260 g/mol. The third-order valence-corrected chi connectivity index (χ3v) is 3.06. The normalized spacial score (nSPS) is 11.3. The molecule has 0 aliphatic carbocycles. The molecule has 0 aliphatic heterocycles. The zero-order chi connectivity index (χ0) is 12.9. The van der Waals surface area contributed by atoms with E-state index in [1.54, 1.807) is 12.1 Å². The van der Waals surface area contributed by atoms with Gasteiger partial charge in [-0.3, -0.25) is 0 Å². The molecule has 0 spiro atoms. The zero-order valence-corrected chi connectivity index (χ0v) is 10.5. The second-order valence-corrected chi connectivity index (χ2v) is 4.60. The Morgan fingerprint density at radius 2 is 1.94 bits per heavy atom. The minimum atomic E-state index is -3.49. The molecule has 0 aromatic heterocycles. The molecule has 0 fully saturated rings. The number of aryl methyl sites for hydroxylation is 1. The van der Waals surface area contributed by atoms with Gasteiger partial charge in [0.2, 0.25) is 0 Å². The highest BCUT2D eigenvalue weighted by atomic mass is 32.2. The summed E-state index contributed by atoms with van der Waals surface area (Å²) in [6.07, 6.45) is 0. The molecule has 0 bridgehead atoms. The molecule has 17 heavy (non-hydrogen) atoms. The fourth-order valence-corrected chi connectivity index (χ4v) is 1.85. The van der Waals surface area contributed by atoms with Crippen molar-refractivity contribution in [2.45, 2.75) is 24.9 Å². The molecule has 1 aromatic carbocycles. The van der Waals surface area contributed by atoms with Crippen LogP contribution < -0.4 is 0 Å². The van der Waals surface area contributed by atoms with Crippen LogP contribution in [0.3, 0.4) is 0 Å². The first-order chi connectivity index (χ1) is 7.95. The highest BCUT2D eigenvalue weighted by molar-refractivity contribution is 8.00. The van der Waals surface area contributed by atoms with E-state index in [4.69, 9.17) is 0 Å². The van der Waals surface area contributed by atoms with Gasteiger partial charge in [0.1, 0.15) is 0 Å². The molecule has 0 heterocycles. The Kier molecular flexibility index (Phi) is 4.93. The summed E-state index contributed by atoms with van der Waals surface area (Å²) in [4.78, 5) is 10.9. The van der Waals surface area contributed by atoms with Gasteiger partial charge in [0.05, 0.1) is 6.61 Å². The number of halogens is 2. The largest absolute Gasteiger partial charge is 0.461 e. The Hall–Kier alpha value is -1.10. The van der Waals surface area contributed by atoms with Gasteiger partial charge in [-0.1, -0.05) is 41.6 Å². The summed E-state index contributed by atoms with van der Waals surface area (Å²) in [5, 5.41) is -3.49. The van der Waals surface area contributed by atoms with Crippen LogP contribution in [0.25, 0.3) is 0 Å². The molecule has 0 unspecified atom stereocenters. The quantitative estimate of drug-likeness (QED) is 0.759. The highest BCUT2D eigenvalue weighted by Gasteiger charge is 2.41. The van der Waals surface area contributed by atoms with E-state index in [1.165, 1.54) is 6.92 Å². The number of rotatable bonds is 5. The van der Waals surface area contributed by atoms with E-state index >= 15 is 0 Å². The molecule has 1 aromatic rings. The van der Waals surface area contributed by atoms with Crippen molar-refractivity contribution in [3.05, 3.63) is 35.4 Å². The number of carbonyl (C=O) groups excluding carboxylic acids is 1. The highest BCUT2D eigenvalue weighted by Crippen LogP contribution is 2.33. The first-order valence-corrected chi connectivity index (χ1v) is 6.19.